The van der Waals surface area contributed by atoms with Gasteiger partial charge in [0.15, 0.2) is 0 Å². The van der Waals surface area contributed by atoms with Crippen molar-refractivity contribution in [2.24, 2.45) is 5.10 Å². The summed E-state index contributed by atoms with van der Waals surface area (Å²) in [7, 11) is -2.58. The van der Waals surface area contributed by atoms with E-state index in [9.17, 15) is 13.2 Å². The van der Waals surface area contributed by atoms with E-state index in [0.29, 0.717) is 12.2 Å². The fourth-order valence-corrected chi connectivity index (χ4v) is 4.75. The molecule has 3 rings (SSSR count). The van der Waals surface area contributed by atoms with Crippen molar-refractivity contribution in [3.05, 3.63) is 90.0 Å². The van der Waals surface area contributed by atoms with Crippen LogP contribution in [0.25, 0.3) is 0 Å². The summed E-state index contributed by atoms with van der Waals surface area (Å²) in [5.41, 5.74) is 5.61. The second-order valence-electron chi connectivity index (χ2n) is 7.86. The van der Waals surface area contributed by atoms with Gasteiger partial charge in [-0.15, -0.1) is 0 Å². The number of hydrogen-bond acceptors (Lipinski definition) is 5. The van der Waals surface area contributed by atoms with Gasteiger partial charge in [-0.05, 0) is 56.5 Å². The Bertz CT molecular complexity index is 1240. The Kier molecular flexibility index (Phi) is 8.43. The highest BCUT2D eigenvalue weighted by Crippen LogP contribution is 2.32. The Morgan fingerprint density at radius 2 is 1.62 bits per heavy atom. The summed E-state index contributed by atoms with van der Waals surface area (Å²) in [6.07, 6.45) is 1.46. The average Bonchev–Trinajstić information content (AvgIpc) is 2.85. The quantitative estimate of drug-likeness (QED) is 0.346. The van der Waals surface area contributed by atoms with E-state index in [-0.39, 0.29) is 10.6 Å². The first-order chi connectivity index (χ1) is 16.3. The Morgan fingerprint density at radius 3 is 2.29 bits per heavy atom. The zero-order chi connectivity index (χ0) is 24.6. The number of nitrogens with zero attached hydrogens (tertiary/aromatic N) is 2. The summed E-state index contributed by atoms with van der Waals surface area (Å²) < 4.78 is 33.4. The molecule has 0 aromatic heterocycles. The van der Waals surface area contributed by atoms with E-state index in [1.807, 2.05) is 44.2 Å². The van der Waals surface area contributed by atoms with Crippen LogP contribution in [0.4, 0.5) is 5.69 Å². The number of amides is 1. The molecular weight excluding hydrogens is 450 g/mol. The van der Waals surface area contributed by atoms with Crippen LogP contribution in [0.3, 0.4) is 0 Å². The highest BCUT2D eigenvalue weighted by atomic mass is 32.2. The van der Waals surface area contributed by atoms with Crippen molar-refractivity contribution in [3.8, 4) is 5.75 Å². The molecule has 0 heterocycles. The smallest absolute Gasteiger partial charge is 0.264 e. The minimum absolute atomic E-state index is 0.0827. The van der Waals surface area contributed by atoms with E-state index in [1.54, 1.807) is 36.4 Å². The Balaban J connectivity index is 1.80. The fourth-order valence-electron chi connectivity index (χ4n) is 3.32. The molecule has 0 bridgehead atoms. The Morgan fingerprint density at radius 1 is 0.971 bits per heavy atom. The maximum absolute atomic E-state index is 13.5. The predicted molar refractivity (Wildman–Crippen MR) is 135 cm³/mol. The summed E-state index contributed by atoms with van der Waals surface area (Å²) in [6, 6.07) is 23.1. The molecule has 0 spiro atoms. The third kappa shape index (κ3) is 6.45. The number of sulfonamides is 1. The molecule has 0 unspecified atom stereocenters. The molecule has 0 atom stereocenters. The van der Waals surface area contributed by atoms with Crippen LogP contribution in [0.15, 0.2) is 88.9 Å². The van der Waals surface area contributed by atoms with Crippen LogP contribution in [0, 0.1) is 6.92 Å². The minimum atomic E-state index is -4.04. The summed E-state index contributed by atoms with van der Waals surface area (Å²) in [5, 5.41) is 4.16. The molecule has 1 amide bonds. The number of methoxy groups -OCH3 is 1. The summed E-state index contributed by atoms with van der Waals surface area (Å²) >= 11 is 0. The standard InChI is InChI=1S/C26H29N3O4S/c1-20-13-17-23(18-14-20)34(31,32)29(24-11-7-8-12-25(24)33-3)19-26(30)28-27-21(2)15-16-22-9-5-4-6-10-22/h4-14,17-18H,15-16,19H2,1-3H3,(H,28,30)/b27-21-. The number of rotatable bonds is 10. The monoisotopic (exact) mass is 479 g/mol. The SMILES string of the molecule is COc1ccccc1N(CC(=O)N/N=C(/C)CCc1ccccc1)S(=O)(=O)c1ccc(C)cc1. The van der Waals surface area contributed by atoms with Crippen molar-refractivity contribution < 1.29 is 17.9 Å². The molecule has 34 heavy (non-hydrogen) atoms. The van der Waals surface area contributed by atoms with E-state index < -0.39 is 22.5 Å². The number of hydrazone groups is 1. The van der Waals surface area contributed by atoms with Crippen molar-refractivity contribution in [3.63, 3.8) is 0 Å². The van der Waals surface area contributed by atoms with Gasteiger partial charge in [0, 0.05) is 5.71 Å². The van der Waals surface area contributed by atoms with E-state index in [2.05, 4.69) is 10.5 Å². The number of para-hydroxylation sites is 2. The summed E-state index contributed by atoms with van der Waals surface area (Å²) in [5.74, 6) is -0.214. The van der Waals surface area contributed by atoms with Crippen LogP contribution < -0.4 is 14.5 Å². The zero-order valence-electron chi connectivity index (χ0n) is 19.6. The molecule has 1 N–H and O–H groups in total. The molecule has 7 nitrogen and oxygen atoms in total. The lowest BCUT2D eigenvalue weighted by atomic mass is 10.1. The molecule has 178 valence electrons. The first-order valence-electron chi connectivity index (χ1n) is 10.9. The minimum Gasteiger partial charge on any atom is -0.495 e. The number of hydrogen-bond donors (Lipinski definition) is 1. The lowest BCUT2D eigenvalue weighted by molar-refractivity contribution is -0.119. The molecule has 0 fully saturated rings. The van der Waals surface area contributed by atoms with Gasteiger partial charge in [0.05, 0.1) is 17.7 Å². The Hall–Kier alpha value is -3.65. The second-order valence-corrected chi connectivity index (χ2v) is 9.73. The number of nitrogens with one attached hydrogen (secondary N) is 1. The molecule has 0 aliphatic rings. The van der Waals surface area contributed by atoms with E-state index in [4.69, 9.17) is 4.74 Å². The average molecular weight is 480 g/mol. The highest BCUT2D eigenvalue weighted by Gasteiger charge is 2.29. The molecule has 0 aliphatic carbocycles. The van der Waals surface area contributed by atoms with Gasteiger partial charge < -0.3 is 4.74 Å². The molecule has 3 aromatic carbocycles. The topological polar surface area (TPSA) is 88.1 Å². The number of aryl methyl sites for hydroxylation is 2. The van der Waals surface area contributed by atoms with Crippen LogP contribution in [-0.2, 0) is 21.2 Å². The van der Waals surface area contributed by atoms with Gasteiger partial charge in [0.2, 0.25) is 0 Å². The number of benzene rings is 3. The van der Waals surface area contributed by atoms with E-state index in [0.717, 1.165) is 22.0 Å². The molecule has 0 aliphatic heterocycles. The maximum atomic E-state index is 13.5. The molecule has 0 saturated heterocycles. The number of carbonyl (C=O) groups excluding carboxylic acids is 1. The van der Waals surface area contributed by atoms with Crippen molar-refractivity contribution >= 4 is 27.3 Å². The highest BCUT2D eigenvalue weighted by molar-refractivity contribution is 7.92. The van der Waals surface area contributed by atoms with Crippen molar-refractivity contribution in [2.75, 3.05) is 18.0 Å². The molecule has 0 radical (unpaired) electrons. The predicted octanol–water partition coefficient (Wildman–Crippen LogP) is 4.32. The molecule has 8 heteroatoms. The van der Waals surface area contributed by atoms with Crippen LogP contribution in [-0.4, -0.2) is 33.7 Å². The largest absolute Gasteiger partial charge is 0.495 e. The lowest BCUT2D eigenvalue weighted by Crippen LogP contribution is -2.40. The first kappa shape index (κ1) is 25.0. The molecule has 3 aromatic rings. The first-order valence-corrected chi connectivity index (χ1v) is 12.3. The van der Waals surface area contributed by atoms with Gasteiger partial charge in [0.25, 0.3) is 15.9 Å². The summed E-state index contributed by atoms with van der Waals surface area (Å²) in [4.78, 5) is 12.9. The van der Waals surface area contributed by atoms with Gasteiger partial charge in [-0.3, -0.25) is 9.10 Å². The second kappa shape index (κ2) is 11.5. The van der Waals surface area contributed by atoms with E-state index in [1.165, 1.54) is 24.8 Å². The van der Waals surface area contributed by atoms with Crippen molar-refractivity contribution in [2.45, 2.75) is 31.6 Å². The van der Waals surface area contributed by atoms with Crippen LogP contribution in [0.5, 0.6) is 5.75 Å². The van der Waals surface area contributed by atoms with Gasteiger partial charge in [-0.25, -0.2) is 13.8 Å². The molecular formula is C26H29N3O4S. The fraction of sp³-hybridized carbons (Fsp3) is 0.231. The number of ether oxygens (including phenoxy) is 1. The van der Waals surface area contributed by atoms with Crippen molar-refractivity contribution in [1.29, 1.82) is 0 Å². The zero-order valence-corrected chi connectivity index (χ0v) is 20.4. The molecule has 0 saturated carbocycles. The summed E-state index contributed by atoms with van der Waals surface area (Å²) in [6.45, 7) is 3.25. The van der Waals surface area contributed by atoms with E-state index >= 15 is 0 Å². The van der Waals surface area contributed by atoms with Crippen LogP contribution in [0.2, 0.25) is 0 Å². The van der Waals surface area contributed by atoms with Gasteiger partial charge in [0.1, 0.15) is 12.3 Å². The third-order valence-electron chi connectivity index (χ3n) is 5.24. The number of carbonyl (C=O) groups is 1. The lowest BCUT2D eigenvalue weighted by Gasteiger charge is -2.25. The van der Waals surface area contributed by atoms with Crippen molar-refractivity contribution in [1.82, 2.24) is 5.43 Å². The van der Waals surface area contributed by atoms with Crippen LogP contribution >= 0.6 is 0 Å². The van der Waals surface area contributed by atoms with Crippen LogP contribution in [0.1, 0.15) is 24.5 Å². The van der Waals surface area contributed by atoms with Gasteiger partial charge in [-0.2, -0.15) is 5.10 Å². The third-order valence-corrected chi connectivity index (χ3v) is 7.01. The number of anilines is 1. The van der Waals surface area contributed by atoms with Gasteiger partial charge >= 0.3 is 0 Å². The maximum Gasteiger partial charge on any atom is 0.264 e. The van der Waals surface area contributed by atoms with Gasteiger partial charge in [-0.1, -0.05) is 60.2 Å². The Labute approximate surface area is 201 Å². The normalized spacial score (nSPS) is 11.7.